The minimum absolute atomic E-state index is 0.0614. The Morgan fingerprint density at radius 1 is 1.56 bits per heavy atom. The Morgan fingerprint density at radius 2 is 2.44 bits per heavy atom. The van der Waals surface area contributed by atoms with Crippen LogP contribution in [-0.4, -0.2) is 24.2 Å². The van der Waals surface area contributed by atoms with E-state index >= 15 is 0 Å². The van der Waals surface area contributed by atoms with Crippen LogP contribution in [0.25, 0.3) is 0 Å². The van der Waals surface area contributed by atoms with E-state index in [1.165, 1.54) is 11.3 Å². The van der Waals surface area contributed by atoms with E-state index in [0.717, 1.165) is 19.3 Å². The molecule has 4 nitrogen and oxygen atoms in total. The van der Waals surface area contributed by atoms with Crippen LogP contribution in [0.4, 0.5) is 5.69 Å². The normalized spacial score (nSPS) is 31.9. The molecule has 0 aliphatic carbocycles. The van der Waals surface area contributed by atoms with Gasteiger partial charge in [0.25, 0.3) is 5.91 Å². The van der Waals surface area contributed by atoms with E-state index in [0.29, 0.717) is 16.7 Å². The molecule has 3 heterocycles. The number of carbonyl (C=O) groups is 1. The highest BCUT2D eigenvalue weighted by molar-refractivity contribution is 7.12. The fraction of sp³-hybridized carbons (Fsp3) is 0.545. The average Bonchev–Trinajstić information content (AvgIpc) is 2.92. The molecule has 1 aromatic rings. The minimum atomic E-state index is -0.0614. The summed E-state index contributed by atoms with van der Waals surface area (Å²) in [6.07, 6.45) is 3.72. The summed E-state index contributed by atoms with van der Waals surface area (Å²) in [7, 11) is 0. The van der Waals surface area contributed by atoms with Crippen molar-refractivity contribution in [3.05, 3.63) is 16.3 Å². The van der Waals surface area contributed by atoms with Gasteiger partial charge >= 0.3 is 0 Å². The molecule has 3 unspecified atom stereocenters. The van der Waals surface area contributed by atoms with Crippen molar-refractivity contribution in [1.29, 1.82) is 0 Å². The van der Waals surface area contributed by atoms with Crippen molar-refractivity contribution in [2.24, 2.45) is 0 Å². The van der Waals surface area contributed by atoms with Crippen LogP contribution in [0.2, 0.25) is 0 Å². The van der Waals surface area contributed by atoms with E-state index < -0.39 is 0 Å². The van der Waals surface area contributed by atoms with Gasteiger partial charge in [-0.05, 0) is 30.7 Å². The maximum absolute atomic E-state index is 11.9. The molecule has 0 spiro atoms. The van der Waals surface area contributed by atoms with Gasteiger partial charge in [-0.1, -0.05) is 0 Å². The fourth-order valence-electron chi connectivity index (χ4n) is 2.53. The van der Waals surface area contributed by atoms with Gasteiger partial charge in [0.05, 0.1) is 23.9 Å². The summed E-state index contributed by atoms with van der Waals surface area (Å²) in [5, 5.41) is 4.85. The molecule has 16 heavy (non-hydrogen) atoms. The zero-order valence-corrected chi connectivity index (χ0v) is 9.63. The first-order chi connectivity index (χ1) is 7.74. The van der Waals surface area contributed by atoms with Gasteiger partial charge in [-0.15, -0.1) is 11.3 Å². The van der Waals surface area contributed by atoms with E-state index in [1.54, 1.807) is 6.07 Å². The molecule has 3 N–H and O–H groups in total. The molecule has 0 radical (unpaired) electrons. The summed E-state index contributed by atoms with van der Waals surface area (Å²) < 4.78 is 5.69. The van der Waals surface area contributed by atoms with Crippen LogP contribution in [-0.2, 0) is 4.74 Å². The largest absolute Gasteiger partial charge is 0.397 e. The summed E-state index contributed by atoms with van der Waals surface area (Å²) in [5.41, 5.74) is 6.27. The van der Waals surface area contributed by atoms with Crippen molar-refractivity contribution < 1.29 is 9.53 Å². The molecule has 2 aliphatic rings. The predicted molar refractivity (Wildman–Crippen MR) is 62.5 cm³/mol. The third kappa shape index (κ3) is 1.60. The molecule has 1 amide bonds. The number of hydrogen-bond donors (Lipinski definition) is 2. The molecule has 0 aromatic carbocycles. The van der Waals surface area contributed by atoms with Gasteiger partial charge in [0, 0.05) is 0 Å². The number of hydrogen-bond acceptors (Lipinski definition) is 4. The lowest BCUT2D eigenvalue weighted by atomic mass is 9.95. The van der Waals surface area contributed by atoms with E-state index in [2.05, 4.69) is 5.32 Å². The molecule has 0 saturated carbocycles. The number of ether oxygens (including phenoxy) is 1. The number of fused-ring (bicyclic) bond motifs is 2. The first-order valence-corrected chi connectivity index (χ1v) is 6.41. The van der Waals surface area contributed by atoms with E-state index in [9.17, 15) is 4.79 Å². The first-order valence-electron chi connectivity index (χ1n) is 5.53. The van der Waals surface area contributed by atoms with Gasteiger partial charge in [-0.25, -0.2) is 0 Å². The Bertz CT molecular complexity index is 418. The lowest BCUT2D eigenvalue weighted by molar-refractivity contribution is 0.0844. The van der Waals surface area contributed by atoms with Crippen LogP contribution in [0.1, 0.15) is 28.9 Å². The molecule has 2 fully saturated rings. The van der Waals surface area contributed by atoms with Crippen molar-refractivity contribution in [3.63, 3.8) is 0 Å². The Kier molecular flexibility index (Phi) is 2.37. The smallest absolute Gasteiger partial charge is 0.263 e. The third-order valence-electron chi connectivity index (χ3n) is 3.32. The molecule has 3 rings (SSSR count). The van der Waals surface area contributed by atoms with Crippen molar-refractivity contribution in [1.82, 2.24) is 5.32 Å². The van der Waals surface area contributed by atoms with Crippen LogP contribution < -0.4 is 11.1 Å². The quantitative estimate of drug-likeness (QED) is 0.818. The average molecular weight is 238 g/mol. The summed E-state index contributed by atoms with van der Waals surface area (Å²) in [5.74, 6) is -0.0614. The Hall–Kier alpha value is -1.07. The molecule has 86 valence electrons. The molecule has 3 atom stereocenters. The maximum atomic E-state index is 11.9. The van der Waals surface area contributed by atoms with Gasteiger partial charge in [0.15, 0.2) is 0 Å². The lowest BCUT2D eigenvalue weighted by Crippen LogP contribution is -2.41. The number of amides is 1. The van der Waals surface area contributed by atoms with Crippen LogP contribution in [0.5, 0.6) is 0 Å². The highest BCUT2D eigenvalue weighted by atomic mass is 32.1. The molecule has 1 aromatic heterocycles. The zero-order valence-electron chi connectivity index (χ0n) is 8.81. The minimum Gasteiger partial charge on any atom is -0.397 e. The van der Waals surface area contributed by atoms with Gasteiger partial charge < -0.3 is 15.8 Å². The van der Waals surface area contributed by atoms with Gasteiger partial charge in [-0.3, -0.25) is 4.79 Å². The van der Waals surface area contributed by atoms with E-state index in [4.69, 9.17) is 10.5 Å². The third-order valence-corrected chi connectivity index (χ3v) is 4.25. The SMILES string of the molecule is Nc1ccsc1C(=O)NC1CC2CCC1O2. The van der Waals surface area contributed by atoms with Crippen molar-refractivity contribution in [3.8, 4) is 0 Å². The van der Waals surface area contributed by atoms with Crippen LogP contribution in [0.3, 0.4) is 0 Å². The highest BCUT2D eigenvalue weighted by Crippen LogP contribution is 2.34. The zero-order chi connectivity index (χ0) is 11.1. The molecule has 2 bridgehead atoms. The van der Waals surface area contributed by atoms with Crippen LogP contribution in [0, 0.1) is 0 Å². The highest BCUT2D eigenvalue weighted by Gasteiger charge is 2.41. The van der Waals surface area contributed by atoms with E-state index in [-0.39, 0.29) is 18.1 Å². The fourth-order valence-corrected chi connectivity index (χ4v) is 3.25. The van der Waals surface area contributed by atoms with Gasteiger partial charge in [-0.2, -0.15) is 0 Å². The predicted octanol–water partition coefficient (Wildman–Crippen LogP) is 1.38. The number of anilines is 1. The van der Waals surface area contributed by atoms with E-state index in [1.807, 2.05) is 5.38 Å². The van der Waals surface area contributed by atoms with Crippen LogP contribution >= 0.6 is 11.3 Å². The number of nitrogens with one attached hydrogen (secondary N) is 1. The Labute approximate surface area is 97.8 Å². The summed E-state index contributed by atoms with van der Waals surface area (Å²) in [6.45, 7) is 0. The van der Waals surface area contributed by atoms with Gasteiger partial charge in [0.1, 0.15) is 4.88 Å². The summed E-state index contributed by atoms with van der Waals surface area (Å²) in [6, 6.07) is 1.93. The number of rotatable bonds is 2. The lowest BCUT2D eigenvalue weighted by Gasteiger charge is -2.19. The van der Waals surface area contributed by atoms with Gasteiger partial charge in [0.2, 0.25) is 0 Å². The number of carbonyl (C=O) groups excluding carboxylic acids is 1. The topological polar surface area (TPSA) is 64.4 Å². The Balaban J connectivity index is 1.67. The monoisotopic (exact) mass is 238 g/mol. The number of thiophene rings is 1. The number of nitrogen functional groups attached to an aromatic ring is 1. The second kappa shape index (κ2) is 3.75. The van der Waals surface area contributed by atoms with Crippen molar-refractivity contribution in [2.45, 2.75) is 37.5 Å². The summed E-state index contributed by atoms with van der Waals surface area (Å²) in [4.78, 5) is 12.5. The van der Waals surface area contributed by atoms with Crippen molar-refractivity contribution in [2.75, 3.05) is 5.73 Å². The van der Waals surface area contributed by atoms with Crippen LogP contribution in [0.15, 0.2) is 11.4 Å². The molecule has 5 heteroatoms. The Morgan fingerprint density at radius 3 is 3.00 bits per heavy atom. The molecular formula is C11H14N2O2S. The second-order valence-corrected chi connectivity index (χ2v) is 5.31. The first kappa shape index (κ1) is 10.1. The summed E-state index contributed by atoms with van der Waals surface area (Å²) >= 11 is 1.38. The molecule has 2 aliphatic heterocycles. The molecular weight excluding hydrogens is 224 g/mol. The molecule has 2 saturated heterocycles. The number of nitrogens with two attached hydrogens (primary N) is 1. The maximum Gasteiger partial charge on any atom is 0.263 e. The standard InChI is InChI=1S/C11H14N2O2S/c12-7-3-4-16-10(7)11(14)13-8-5-6-1-2-9(8)15-6/h3-4,6,8-9H,1-2,5,12H2,(H,13,14). The van der Waals surface area contributed by atoms with Crippen molar-refractivity contribution >= 4 is 22.9 Å². The second-order valence-electron chi connectivity index (χ2n) is 4.39.